The molecule has 0 saturated heterocycles. The third-order valence-corrected chi connectivity index (χ3v) is 5.57. The standard InChI is InChI=1S/C24H30FN3O4/c1-15-12-26-16(2)14-32-21-11-19(27-23(29)17-6-5-7-18(25)10-17)8-9-20(21)24(30)28(3)13-22(15)31-4/h5-11,15-16,22,26H,12-14H2,1-4H3,(H,27,29)/t15-,16+,22-/m0/s1. The van der Waals surface area contributed by atoms with E-state index >= 15 is 0 Å². The molecule has 0 saturated carbocycles. The second-order valence-electron chi connectivity index (χ2n) is 8.23. The number of carbonyl (C=O) groups excluding carboxylic acids is 2. The highest BCUT2D eigenvalue weighted by Gasteiger charge is 2.25. The van der Waals surface area contributed by atoms with Crippen LogP contribution >= 0.6 is 0 Å². The highest BCUT2D eigenvalue weighted by Crippen LogP contribution is 2.26. The van der Waals surface area contributed by atoms with Gasteiger partial charge in [0, 0.05) is 50.6 Å². The van der Waals surface area contributed by atoms with Gasteiger partial charge >= 0.3 is 0 Å². The van der Waals surface area contributed by atoms with Crippen molar-refractivity contribution >= 4 is 17.5 Å². The van der Waals surface area contributed by atoms with Crippen molar-refractivity contribution in [3.63, 3.8) is 0 Å². The number of methoxy groups -OCH3 is 1. The fourth-order valence-corrected chi connectivity index (χ4v) is 3.57. The molecule has 1 heterocycles. The van der Waals surface area contributed by atoms with Crippen LogP contribution in [0.1, 0.15) is 34.6 Å². The zero-order valence-corrected chi connectivity index (χ0v) is 18.9. The van der Waals surface area contributed by atoms with Crippen LogP contribution in [0.5, 0.6) is 5.75 Å². The minimum Gasteiger partial charge on any atom is -0.491 e. The van der Waals surface area contributed by atoms with E-state index in [1.54, 1.807) is 37.3 Å². The van der Waals surface area contributed by atoms with Gasteiger partial charge in [0.25, 0.3) is 11.8 Å². The van der Waals surface area contributed by atoms with E-state index in [0.29, 0.717) is 30.2 Å². The molecule has 3 atom stereocenters. The van der Waals surface area contributed by atoms with Crippen molar-refractivity contribution in [1.29, 1.82) is 0 Å². The quantitative estimate of drug-likeness (QED) is 0.762. The van der Waals surface area contributed by atoms with Crippen LogP contribution in [0.15, 0.2) is 42.5 Å². The number of nitrogens with one attached hydrogen (secondary N) is 2. The molecule has 2 aromatic rings. The Morgan fingerprint density at radius 1 is 1.25 bits per heavy atom. The molecule has 0 fully saturated rings. The number of hydrogen-bond acceptors (Lipinski definition) is 5. The van der Waals surface area contributed by atoms with E-state index in [2.05, 4.69) is 17.6 Å². The molecule has 0 aromatic heterocycles. The van der Waals surface area contributed by atoms with Gasteiger partial charge in [-0.25, -0.2) is 4.39 Å². The maximum absolute atomic E-state index is 13.4. The Kier molecular flexibility index (Phi) is 7.82. The summed E-state index contributed by atoms with van der Waals surface area (Å²) in [7, 11) is 3.38. The van der Waals surface area contributed by atoms with Crippen molar-refractivity contribution in [3.8, 4) is 5.75 Å². The fourth-order valence-electron chi connectivity index (χ4n) is 3.57. The topological polar surface area (TPSA) is 79.9 Å². The molecule has 8 heteroatoms. The van der Waals surface area contributed by atoms with Crippen molar-refractivity contribution in [1.82, 2.24) is 10.2 Å². The predicted octanol–water partition coefficient (Wildman–Crippen LogP) is 3.17. The van der Waals surface area contributed by atoms with Gasteiger partial charge in [-0.05, 0) is 43.2 Å². The van der Waals surface area contributed by atoms with Gasteiger partial charge in [0.05, 0.1) is 11.7 Å². The molecule has 1 aliphatic heterocycles. The van der Waals surface area contributed by atoms with E-state index in [0.717, 1.165) is 6.54 Å². The van der Waals surface area contributed by atoms with Crippen LogP contribution in [0.2, 0.25) is 0 Å². The van der Waals surface area contributed by atoms with Crippen LogP contribution < -0.4 is 15.4 Å². The highest BCUT2D eigenvalue weighted by molar-refractivity contribution is 6.05. The molecule has 172 valence electrons. The number of ether oxygens (including phenoxy) is 2. The molecular weight excluding hydrogens is 413 g/mol. The zero-order valence-electron chi connectivity index (χ0n) is 18.9. The fraction of sp³-hybridized carbons (Fsp3) is 0.417. The van der Waals surface area contributed by atoms with Crippen molar-refractivity contribution < 1.29 is 23.5 Å². The first kappa shape index (κ1) is 23.7. The molecule has 2 N–H and O–H groups in total. The number of fused-ring (bicyclic) bond motifs is 1. The maximum atomic E-state index is 13.4. The van der Waals surface area contributed by atoms with Crippen LogP contribution in [0.4, 0.5) is 10.1 Å². The summed E-state index contributed by atoms with van der Waals surface area (Å²) in [5.74, 6) is -0.559. The number of benzene rings is 2. The average molecular weight is 444 g/mol. The van der Waals surface area contributed by atoms with Gasteiger partial charge in [-0.3, -0.25) is 9.59 Å². The second kappa shape index (κ2) is 10.6. The summed E-state index contributed by atoms with van der Waals surface area (Å²) in [6.45, 7) is 5.59. The van der Waals surface area contributed by atoms with E-state index in [9.17, 15) is 14.0 Å². The number of anilines is 1. The van der Waals surface area contributed by atoms with E-state index < -0.39 is 11.7 Å². The van der Waals surface area contributed by atoms with Gasteiger partial charge < -0.3 is 25.0 Å². The minimum absolute atomic E-state index is 0.0422. The SMILES string of the molecule is CO[C@H]1CN(C)C(=O)c2ccc(NC(=O)c3cccc(F)c3)cc2OC[C@@H](C)NC[C@@H]1C. The summed E-state index contributed by atoms with van der Waals surface area (Å²) in [5.41, 5.74) is 1.04. The number of likely N-dealkylation sites (N-methyl/N-ethyl adjacent to an activating group) is 1. The normalized spacial score (nSPS) is 22.2. The van der Waals surface area contributed by atoms with Crippen molar-refractivity contribution in [2.75, 3.05) is 39.2 Å². The summed E-state index contributed by atoms with van der Waals surface area (Å²) in [6.07, 6.45) is -0.114. The number of hydrogen-bond donors (Lipinski definition) is 2. The van der Waals surface area contributed by atoms with Crippen molar-refractivity contribution in [2.45, 2.75) is 26.0 Å². The Bertz CT molecular complexity index is 968. The van der Waals surface area contributed by atoms with E-state index in [4.69, 9.17) is 9.47 Å². The van der Waals surface area contributed by atoms with Gasteiger partial charge in [0.2, 0.25) is 0 Å². The lowest BCUT2D eigenvalue weighted by Crippen LogP contribution is -2.44. The van der Waals surface area contributed by atoms with Crippen LogP contribution in [-0.4, -0.2) is 62.7 Å². The Labute approximate surface area is 187 Å². The molecule has 0 unspecified atom stereocenters. The summed E-state index contributed by atoms with van der Waals surface area (Å²) >= 11 is 0. The van der Waals surface area contributed by atoms with Gasteiger partial charge in [0.15, 0.2) is 0 Å². The summed E-state index contributed by atoms with van der Waals surface area (Å²) in [5, 5.41) is 6.17. The lowest BCUT2D eigenvalue weighted by atomic mass is 10.0. The number of rotatable bonds is 3. The lowest BCUT2D eigenvalue weighted by molar-refractivity contribution is 0.0281. The van der Waals surface area contributed by atoms with E-state index in [1.165, 1.54) is 24.3 Å². The van der Waals surface area contributed by atoms with Crippen LogP contribution in [0.3, 0.4) is 0 Å². The third-order valence-electron chi connectivity index (χ3n) is 5.57. The molecule has 1 aliphatic rings. The van der Waals surface area contributed by atoms with Crippen LogP contribution in [0.25, 0.3) is 0 Å². The molecular formula is C24H30FN3O4. The zero-order chi connectivity index (χ0) is 23.3. The average Bonchev–Trinajstić information content (AvgIpc) is 2.78. The molecule has 0 bridgehead atoms. The number of amides is 2. The van der Waals surface area contributed by atoms with Gasteiger partial charge in [-0.15, -0.1) is 0 Å². The Balaban J connectivity index is 1.87. The van der Waals surface area contributed by atoms with Gasteiger partial charge in [-0.2, -0.15) is 0 Å². The Morgan fingerprint density at radius 2 is 2.03 bits per heavy atom. The van der Waals surface area contributed by atoms with Crippen molar-refractivity contribution in [3.05, 3.63) is 59.4 Å². The summed E-state index contributed by atoms with van der Waals surface area (Å²) in [4.78, 5) is 27.2. The Hall–Kier alpha value is -2.97. The molecule has 3 rings (SSSR count). The smallest absolute Gasteiger partial charge is 0.257 e. The Morgan fingerprint density at radius 3 is 2.75 bits per heavy atom. The lowest BCUT2D eigenvalue weighted by Gasteiger charge is -2.30. The van der Waals surface area contributed by atoms with Crippen LogP contribution in [-0.2, 0) is 4.74 Å². The number of halogens is 1. The monoisotopic (exact) mass is 443 g/mol. The number of carbonyl (C=O) groups is 2. The number of nitrogens with zero attached hydrogens (tertiary/aromatic N) is 1. The highest BCUT2D eigenvalue weighted by atomic mass is 19.1. The van der Waals surface area contributed by atoms with E-state index in [-0.39, 0.29) is 29.5 Å². The first-order valence-electron chi connectivity index (χ1n) is 10.6. The molecule has 0 spiro atoms. The molecule has 2 aromatic carbocycles. The summed E-state index contributed by atoms with van der Waals surface area (Å²) < 4.78 is 25.0. The molecule has 32 heavy (non-hydrogen) atoms. The van der Waals surface area contributed by atoms with Gasteiger partial charge in [-0.1, -0.05) is 13.0 Å². The second-order valence-corrected chi connectivity index (χ2v) is 8.23. The molecule has 7 nitrogen and oxygen atoms in total. The van der Waals surface area contributed by atoms with Crippen LogP contribution in [0, 0.1) is 11.7 Å². The predicted molar refractivity (Wildman–Crippen MR) is 121 cm³/mol. The maximum Gasteiger partial charge on any atom is 0.257 e. The van der Waals surface area contributed by atoms with Gasteiger partial charge in [0.1, 0.15) is 18.2 Å². The third kappa shape index (κ3) is 5.83. The summed E-state index contributed by atoms with van der Waals surface area (Å²) in [6, 6.07) is 10.4. The van der Waals surface area contributed by atoms with E-state index in [1.807, 2.05) is 6.92 Å². The first-order valence-corrected chi connectivity index (χ1v) is 10.6. The molecule has 0 aliphatic carbocycles. The van der Waals surface area contributed by atoms with Crippen molar-refractivity contribution in [2.24, 2.45) is 5.92 Å². The molecule has 2 amide bonds. The largest absolute Gasteiger partial charge is 0.491 e. The first-order chi connectivity index (χ1) is 15.3. The minimum atomic E-state index is -0.489. The molecule has 0 radical (unpaired) electrons.